The average Bonchev–Trinajstić information content (AvgIpc) is 2.52. The fraction of sp³-hybridized carbons (Fsp3) is 1.00. The minimum Gasteiger partial charge on any atom is -0.778 e. The zero-order valence-corrected chi connectivity index (χ0v) is 19.3. The van der Waals surface area contributed by atoms with Crippen LogP contribution in [0.2, 0.25) is 0 Å². The molecule has 25 heavy (non-hydrogen) atoms. The van der Waals surface area contributed by atoms with Gasteiger partial charge in [-0.25, -0.2) is 0 Å². The van der Waals surface area contributed by atoms with E-state index < -0.39 is 15.2 Å². The van der Waals surface area contributed by atoms with E-state index >= 15 is 0 Å². The second-order valence-electron chi connectivity index (χ2n) is 5.75. The molecule has 0 N–H and O–H groups in total. The Kier molecular flexibility index (Phi) is 23.9. The van der Waals surface area contributed by atoms with Crippen LogP contribution in [0.4, 0.5) is 0 Å². The summed E-state index contributed by atoms with van der Waals surface area (Å²) in [6, 6.07) is 0. The maximum Gasteiger partial charge on any atom is 2.00 e. The Bertz CT molecular complexity index is 335. The molecule has 0 aliphatic rings. The zero-order chi connectivity index (χ0) is 18.9. The van der Waals surface area contributed by atoms with Crippen molar-refractivity contribution in [2.45, 2.75) is 79.1 Å². The van der Waals surface area contributed by atoms with E-state index in [1.807, 2.05) is 27.7 Å². The van der Waals surface area contributed by atoms with Crippen LogP contribution in [0.3, 0.4) is 0 Å². The summed E-state index contributed by atoms with van der Waals surface area (Å²) in [5.41, 5.74) is 0. The standard InChI is InChI=1S/2C8H19O3P.Cr/c2*1-3-5-7-11-12(9,10)8-6-4-2;/h2*3-8H2,1-2H3,(H,9,10);/q;;+2/p-2. The number of rotatable bonds is 14. The Morgan fingerprint density at radius 3 is 1.16 bits per heavy atom. The van der Waals surface area contributed by atoms with Crippen molar-refractivity contribution >= 4 is 15.2 Å². The van der Waals surface area contributed by atoms with Crippen LogP contribution in [0.15, 0.2) is 0 Å². The third-order valence-electron chi connectivity index (χ3n) is 3.14. The van der Waals surface area contributed by atoms with Gasteiger partial charge in [0.2, 0.25) is 0 Å². The van der Waals surface area contributed by atoms with Gasteiger partial charge in [0, 0.05) is 12.3 Å². The van der Waals surface area contributed by atoms with Crippen molar-refractivity contribution in [2.24, 2.45) is 0 Å². The molecule has 0 aliphatic heterocycles. The molecule has 9 heteroatoms. The maximum absolute atomic E-state index is 11.1. The van der Waals surface area contributed by atoms with Gasteiger partial charge in [0.05, 0.1) is 13.2 Å². The van der Waals surface area contributed by atoms with Gasteiger partial charge >= 0.3 is 17.4 Å². The van der Waals surface area contributed by atoms with Gasteiger partial charge in [-0.1, -0.05) is 53.4 Å². The van der Waals surface area contributed by atoms with Crippen LogP contribution in [0.5, 0.6) is 0 Å². The van der Waals surface area contributed by atoms with Gasteiger partial charge in [-0.15, -0.1) is 0 Å². The third-order valence-corrected chi connectivity index (χ3v) is 6.02. The summed E-state index contributed by atoms with van der Waals surface area (Å²) < 4.78 is 31.7. The Morgan fingerprint density at radius 1 is 0.640 bits per heavy atom. The minimum atomic E-state index is -3.49. The first kappa shape index (κ1) is 30.6. The van der Waals surface area contributed by atoms with E-state index in [2.05, 4.69) is 0 Å². The molecular weight excluding hydrogens is 402 g/mol. The number of unbranched alkanes of at least 4 members (excludes halogenated alkanes) is 4. The molecule has 0 fully saturated rings. The Labute approximate surface area is 165 Å². The molecule has 0 spiro atoms. The van der Waals surface area contributed by atoms with Crippen LogP contribution >= 0.6 is 15.2 Å². The first-order valence-electron chi connectivity index (χ1n) is 9.13. The molecule has 0 radical (unpaired) electrons. The molecule has 0 aromatic carbocycles. The largest absolute Gasteiger partial charge is 2.00 e. The van der Waals surface area contributed by atoms with Crippen molar-refractivity contribution in [2.75, 3.05) is 25.5 Å². The second kappa shape index (κ2) is 19.6. The zero-order valence-electron chi connectivity index (χ0n) is 16.2. The molecule has 0 amide bonds. The van der Waals surface area contributed by atoms with Crippen LogP contribution in [-0.2, 0) is 35.5 Å². The number of hydrogen-bond donors (Lipinski definition) is 0. The molecule has 0 aromatic heterocycles. The normalized spacial score (nSPS) is 15.3. The SMILES string of the molecule is CCCCOP(=O)([O-])CCCC.CCCCOP(=O)([O-])CCCC.[Cr+2]. The summed E-state index contributed by atoms with van der Waals surface area (Å²) in [5.74, 6) is 0. The minimum absolute atomic E-state index is 0. The van der Waals surface area contributed by atoms with E-state index in [-0.39, 0.29) is 29.7 Å². The van der Waals surface area contributed by atoms with Gasteiger partial charge in [0.1, 0.15) is 15.2 Å². The van der Waals surface area contributed by atoms with Crippen molar-refractivity contribution < 1.29 is 45.3 Å². The van der Waals surface area contributed by atoms with Gasteiger partial charge in [-0.05, 0) is 25.7 Å². The first-order chi connectivity index (χ1) is 11.2. The molecule has 0 rings (SSSR count). The van der Waals surface area contributed by atoms with Crippen molar-refractivity contribution in [3.63, 3.8) is 0 Å². The van der Waals surface area contributed by atoms with Crippen LogP contribution in [0.1, 0.15) is 79.1 Å². The maximum atomic E-state index is 11.1. The summed E-state index contributed by atoms with van der Waals surface area (Å²) in [4.78, 5) is 22.1. The van der Waals surface area contributed by atoms with Crippen molar-refractivity contribution in [3.05, 3.63) is 0 Å². The molecule has 0 heterocycles. The van der Waals surface area contributed by atoms with Gasteiger partial charge in [0.15, 0.2) is 0 Å². The van der Waals surface area contributed by atoms with Gasteiger partial charge in [0.25, 0.3) is 0 Å². The van der Waals surface area contributed by atoms with Crippen LogP contribution in [0.25, 0.3) is 0 Å². The summed E-state index contributed by atoms with van der Waals surface area (Å²) >= 11 is 0. The smallest absolute Gasteiger partial charge is 0.778 e. The van der Waals surface area contributed by atoms with Crippen molar-refractivity contribution in [3.8, 4) is 0 Å². The predicted molar refractivity (Wildman–Crippen MR) is 96.5 cm³/mol. The van der Waals surface area contributed by atoms with E-state index in [0.29, 0.717) is 26.1 Å². The van der Waals surface area contributed by atoms with Crippen LogP contribution in [-0.4, -0.2) is 25.5 Å². The average molecular weight is 438 g/mol. The molecule has 0 saturated carbocycles. The summed E-state index contributed by atoms with van der Waals surface area (Å²) in [7, 11) is -6.98. The molecule has 2 atom stereocenters. The molecule has 0 saturated heterocycles. The third kappa shape index (κ3) is 24.8. The van der Waals surface area contributed by atoms with Crippen LogP contribution < -0.4 is 9.79 Å². The van der Waals surface area contributed by atoms with Gasteiger partial charge in [-0.3, -0.25) is 0 Å². The number of hydrogen-bond acceptors (Lipinski definition) is 6. The van der Waals surface area contributed by atoms with E-state index in [9.17, 15) is 18.9 Å². The van der Waals surface area contributed by atoms with Crippen molar-refractivity contribution in [1.29, 1.82) is 0 Å². The summed E-state index contributed by atoms with van der Waals surface area (Å²) in [6.07, 6.45) is 7.13. The second-order valence-corrected chi connectivity index (χ2v) is 9.60. The topological polar surface area (TPSA) is 98.7 Å². The Morgan fingerprint density at radius 2 is 0.920 bits per heavy atom. The van der Waals surface area contributed by atoms with Gasteiger partial charge in [-0.2, -0.15) is 0 Å². The van der Waals surface area contributed by atoms with Crippen LogP contribution in [0, 0.1) is 0 Å². The fourth-order valence-corrected chi connectivity index (χ4v) is 4.01. The van der Waals surface area contributed by atoms with E-state index in [1.54, 1.807) is 0 Å². The molecule has 0 aromatic rings. The van der Waals surface area contributed by atoms with E-state index in [4.69, 9.17) is 9.05 Å². The molecule has 6 nitrogen and oxygen atoms in total. The summed E-state index contributed by atoms with van der Waals surface area (Å²) in [5, 5.41) is 0. The molecule has 0 bridgehead atoms. The summed E-state index contributed by atoms with van der Waals surface area (Å²) in [6.45, 7) is 8.64. The predicted octanol–water partition coefficient (Wildman–Crippen LogP) is 4.31. The monoisotopic (exact) mass is 438 g/mol. The van der Waals surface area contributed by atoms with Gasteiger partial charge < -0.3 is 28.0 Å². The molecule has 152 valence electrons. The quantitative estimate of drug-likeness (QED) is 0.296. The molecule has 2 unspecified atom stereocenters. The molecular formula is C16H36CrO6P2. The Hall–Kier alpha value is 0.832. The Balaban J connectivity index is -0.000000372. The fourth-order valence-electron chi connectivity index (χ4n) is 1.53. The first-order valence-corrected chi connectivity index (χ1v) is 12.6. The van der Waals surface area contributed by atoms with Crippen molar-refractivity contribution in [1.82, 2.24) is 0 Å². The molecule has 0 aliphatic carbocycles. The van der Waals surface area contributed by atoms with E-state index in [0.717, 1.165) is 38.5 Å². The van der Waals surface area contributed by atoms with E-state index in [1.165, 1.54) is 0 Å².